The lowest BCUT2D eigenvalue weighted by molar-refractivity contribution is 0.308. The molecule has 0 unspecified atom stereocenters. The number of hydrogen-bond acceptors (Lipinski definition) is 2. The van der Waals surface area contributed by atoms with E-state index < -0.39 is 0 Å². The third-order valence-electron chi connectivity index (χ3n) is 1.77. The molecule has 0 heterocycles. The fourth-order valence-corrected chi connectivity index (χ4v) is 1.05. The highest BCUT2D eigenvalue weighted by molar-refractivity contribution is 5.84. The summed E-state index contributed by atoms with van der Waals surface area (Å²) >= 11 is 0. The van der Waals surface area contributed by atoms with Gasteiger partial charge in [-0.25, -0.2) is 0 Å². The summed E-state index contributed by atoms with van der Waals surface area (Å²) in [7, 11) is 0. The summed E-state index contributed by atoms with van der Waals surface area (Å²) in [6.45, 7) is 4.23. The number of nitrogens with zero attached hydrogens (tertiary/aromatic N) is 1. The van der Waals surface area contributed by atoms with Crippen molar-refractivity contribution in [1.82, 2.24) is 0 Å². The van der Waals surface area contributed by atoms with Crippen LogP contribution in [0.4, 0.5) is 0 Å². The second kappa shape index (κ2) is 7.73. The molecule has 0 fully saturated rings. The fraction of sp³-hybridized carbons (Fsp3) is 0.889. The molecule has 0 aliphatic rings. The lowest BCUT2D eigenvalue weighted by atomic mass is 10.1. The van der Waals surface area contributed by atoms with Gasteiger partial charge in [0.1, 0.15) is 6.73 Å². The molecule has 0 bridgehead atoms. The maximum absolute atomic E-state index is 8.54. The molecule has 0 aliphatic carbocycles. The standard InChI is InChI=1S/C9H19NO/c1-3-5-6-7-9(4-2)10-8-11/h11H,3-8H2,1-2H3/b10-9-. The van der Waals surface area contributed by atoms with Crippen molar-refractivity contribution >= 4 is 5.71 Å². The molecule has 0 spiro atoms. The molecule has 0 atom stereocenters. The third kappa shape index (κ3) is 6.05. The van der Waals surface area contributed by atoms with Crippen LogP contribution in [0.15, 0.2) is 4.99 Å². The molecule has 0 aromatic rings. The second-order valence-electron chi connectivity index (χ2n) is 2.68. The van der Waals surface area contributed by atoms with Crippen molar-refractivity contribution in [3.8, 4) is 0 Å². The smallest absolute Gasteiger partial charge is 0.134 e. The first-order valence-corrected chi connectivity index (χ1v) is 4.48. The zero-order valence-electron chi connectivity index (χ0n) is 7.64. The highest BCUT2D eigenvalue weighted by atomic mass is 16.3. The summed E-state index contributed by atoms with van der Waals surface area (Å²) in [6, 6.07) is 0. The zero-order valence-corrected chi connectivity index (χ0v) is 7.64. The fourth-order valence-electron chi connectivity index (χ4n) is 1.05. The number of aliphatic hydroxyl groups excluding tert-OH is 1. The second-order valence-corrected chi connectivity index (χ2v) is 2.68. The van der Waals surface area contributed by atoms with Crippen LogP contribution in [0.1, 0.15) is 46.0 Å². The summed E-state index contributed by atoms with van der Waals surface area (Å²) in [5, 5.41) is 8.54. The Morgan fingerprint density at radius 2 is 2.00 bits per heavy atom. The van der Waals surface area contributed by atoms with E-state index in [0.29, 0.717) is 0 Å². The lowest BCUT2D eigenvalue weighted by Gasteiger charge is -2.01. The van der Waals surface area contributed by atoms with Gasteiger partial charge in [0, 0.05) is 5.71 Å². The molecule has 0 radical (unpaired) electrons. The number of rotatable bonds is 6. The monoisotopic (exact) mass is 157 g/mol. The molecule has 2 nitrogen and oxygen atoms in total. The van der Waals surface area contributed by atoms with Gasteiger partial charge < -0.3 is 5.11 Å². The van der Waals surface area contributed by atoms with Crippen molar-refractivity contribution in [2.45, 2.75) is 46.0 Å². The predicted octanol–water partition coefficient (Wildman–Crippen LogP) is 2.37. The average molecular weight is 157 g/mol. The Kier molecular flexibility index (Phi) is 7.47. The maximum Gasteiger partial charge on any atom is 0.134 e. The van der Waals surface area contributed by atoms with Crippen LogP contribution in [-0.2, 0) is 0 Å². The Morgan fingerprint density at radius 3 is 2.45 bits per heavy atom. The third-order valence-corrected chi connectivity index (χ3v) is 1.77. The maximum atomic E-state index is 8.54. The number of unbranched alkanes of at least 4 members (excludes halogenated alkanes) is 2. The Labute approximate surface area is 69.3 Å². The first-order valence-electron chi connectivity index (χ1n) is 4.48. The van der Waals surface area contributed by atoms with Gasteiger partial charge in [-0.15, -0.1) is 0 Å². The summed E-state index contributed by atoms with van der Waals surface area (Å²) in [4.78, 5) is 3.99. The predicted molar refractivity (Wildman–Crippen MR) is 49.0 cm³/mol. The highest BCUT2D eigenvalue weighted by Gasteiger charge is 1.94. The summed E-state index contributed by atoms with van der Waals surface area (Å²) < 4.78 is 0. The van der Waals surface area contributed by atoms with E-state index >= 15 is 0 Å². The van der Waals surface area contributed by atoms with Crippen molar-refractivity contribution < 1.29 is 5.11 Å². The van der Waals surface area contributed by atoms with E-state index in [1.165, 1.54) is 19.3 Å². The van der Waals surface area contributed by atoms with Gasteiger partial charge in [0.25, 0.3) is 0 Å². The highest BCUT2D eigenvalue weighted by Crippen LogP contribution is 2.02. The zero-order chi connectivity index (χ0) is 8.53. The molecule has 2 heteroatoms. The van der Waals surface area contributed by atoms with Crippen LogP contribution < -0.4 is 0 Å². The van der Waals surface area contributed by atoms with Crippen LogP contribution in [0, 0.1) is 0 Å². The van der Waals surface area contributed by atoms with Gasteiger partial charge in [-0.3, -0.25) is 4.99 Å². The van der Waals surface area contributed by atoms with Crippen molar-refractivity contribution in [2.75, 3.05) is 6.73 Å². The van der Waals surface area contributed by atoms with Crippen LogP contribution >= 0.6 is 0 Å². The minimum Gasteiger partial charge on any atom is -0.375 e. The molecule has 0 aromatic heterocycles. The van der Waals surface area contributed by atoms with Crippen LogP contribution in [-0.4, -0.2) is 17.5 Å². The summed E-state index contributed by atoms with van der Waals surface area (Å²) in [5.41, 5.74) is 1.15. The first-order chi connectivity index (χ1) is 5.35. The average Bonchev–Trinajstić information content (AvgIpc) is 2.03. The van der Waals surface area contributed by atoms with E-state index in [1.807, 2.05) is 0 Å². The SMILES string of the molecule is CCCCC/C(CC)=N\CO. The minimum absolute atomic E-state index is 0.0463. The molecule has 0 rings (SSSR count). The molecular weight excluding hydrogens is 138 g/mol. The lowest BCUT2D eigenvalue weighted by Crippen LogP contribution is -1.97. The molecule has 0 saturated carbocycles. The van der Waals surface area contributed by atoms with E-state index in [0.717, 1.165) is 18.6 Å². The quantitative estimate of drug-likeness (QED) is 0.466. The molecular formula is C9H19NO. The van der Waals surface area contributed by atoms with Gasteiger partial charge in [0.05, 0.1) is 0 Å². The Bertz CT molecular complexity index is 110. The molecule has 1 N–H and O–H groups in total. The van der Waals surface area contributed by atoms with Crippen molar-refractivity contribution in [3.63, 3.8) is 0 Å². The van der Waals surface area contributed by atoms with Crippen LogP contribution in [0.2, 0.25) is 0 Å². The van der Waals surface area contributed by atoms with Gasteiger partial charge >= 0.3 is 0 Å². The Morgan fingerprint density at radius 1 is 1.27 bits per heavy atom. The Hall–Kier alpha value is -0.370. The van der Waals surface area contributed by atoms with Crippen molar-refractivity contribution in [3.05, 3.63) is 0 Å². The van der Waals surface area contributed by atoms with Crippen LogP contribution in [0.25, 0.3) is 0 Å². The van der Waals surface area contributed by atoms with Crippen molar-refractivity contribution in [2.24, 2.45) is 4.99 Å². The molecule has 66 valence electrons. The number of aliphatic hydroxyl groups is 1. The largest absolute Gasteiger partial charge is 0.375 e. The van der Waals surface area contributed by atoms with Crippen LogP contribution in [0.5, 0.6) is 0 Å². The van der Waals surface area contributed by atoms with Crippen molar-refractivity contribution in [1.29, 1.82) is 0 Å². The van der Waals surface area contributed by atoms with Gasteiger partial charge in [-0.05, 0) is 19.3 Å². The van der Waals surface area contributed by atoms with Crippen LogP contribution in [0.3, 0.4) is 0 Å². The van der Waals surface area contributed by atoms with Gasteiger partial charge in [0.2, 0.25) is 0 Å². The van der Waals surface area contributed by atoms with E-state index in [2.05, 4.69) is 18.8 Å². The van der Waals surface area contributed by atoms with Gasteiger partial charge in [-0.2, -0.15) is 0 Å². The normalized spacial score (nSPS) is 12.1. The van der Waals surface area contributed by atoms with E-state index in [4.69, 9.17) is 5.11 Å². The summed E-state index contributed by atoms with van der Waals surface area (Å²) in [5.74, 6) is 0. The van der Waals surface area contributed by atoms with E-state index in [-0.39, 0.29) is 6.73 Å². The Balaban J connectivity index is 3.44. The molecule has 0 aromatic carbocycles. The molecule has 0 saturated heterocycles. The van der Waals surface area contributed by atoms with E-state index in [1.54, 1.807) is 0 Å². The molecule has 11 heavy (non-hydrogen) atoms. The minimum atomic E-state index is -0.0463. The summed E-state index contributed by atoms with van der Waals surface area (Å²) in [6.07, 6.45) is 5.76. The van der Waals surface area contributed by atoms with Gasteiger partial charge in [-0.1, -0.05) is 26.7 Å². The topological polar surface area (TPSA) is 32.6 Å². The molecule has 0 aliphatic heterocycles. The van der Waals surface area contributed by atoms with Gasteiger partial charge in [0.15, 0.2) is 0 Å². The first kappa shape index (κ1) is 10.6. The number of hydrogen-bond donors (Lipinski definition) is 1. The molecule has 0 amide bonds. The van der Waals surface area contributed by atoms with E-state index in [9.17, 15) is 0 Å². The number of aliphatic imine (C=N–C) groups is 1.